The summed E-state index contributed by atoms with van der Waals surface area (Å²) in [6.45, 7) is 2.31. The summed E-state index contributed by atoms with van der Waals surface area (Å²) in [5.41, 5.74) is 1.01. The van der Waals surface area contributed by atoms with E-state index in [0.717, 1.165) is 16.4 Å². The molecule has 1 aliphatic heterocycles. The van der Waals surface area contributed by atoms with Gasteiger partial charge in [0.15, 0.2) is 0 Å². The van der Waals surface area contributed by atoms with E-state index in [9.17, 15) is 9.59 Å². The number of piperazine rings is 1. The number of halogens is 1. The molecule has 0 spiro atoms. The van der Waals surface area contributed by atoms with Gasteiger partial charge in [-0.15, -0.1) is 0 Å². The first-order chi connectivity index (χ1) is 9.69. The van der Waals surface area contributed by atoms with Gasteiger partial charge in [-0.2, -0.15) is 0 Å². The van der Waals surface area contributed by atoms with Crippen molar-refractivity contribution in [1.29, 1.82) is 0 Å². The van der Waals surface area contributed by atoms with Gasteiger partial charge in [-0.25, -0.2) is 4.79 Å². The fraction of sp³-hybridized carbons (Fsp3) is 0.286. The smallest absolute Gasteiger partial charge is 0.321 e. The van der Waals surface area contributed by atoms with Gasteiger partial charge in [-0.1, -0.05) is 28.1 Å². The van der Waals surface area contributed by atoms with E-state index in [0.29, 0.717) is 26.2 Å². The fourth-order valence-electron chi connectivity index (χ4n) is 1.90. The largest absolute Gasteiger partial charge is 0.342 e. The van der Waals surface area contributed by atoms with Crippen molar-refractivity contribution in [3.8, 4) is 0 Å². The first kappa shape index (κ1) is 14.6. The number of hydrogen-bond donors (Lipinski definition) is 1. The Balaban J connectivity index is 1.80. The van der Waals surface area contributed by atoms with Crippen LogP contribution in [-0.2, 0) is 4.79 Å². The van der Waals surface area contributed by atoms with Crippen LogP contribution in [0.25, 0.3) is 6.08 Å². The average molecular weight is 338 g/mol. The number of carbonyl (C=O) groups excluding carboxylic acids is 2. The minimum atomic E-state index is -0.135. The molecule has 106 valence electrons. The first-order valence-electron chi connectivity index (χ1n) is 6.36. The number of urea groups is 1. The lowest BCUT2D eigenvalue weighted by Crippen LogP contribution is -2.50. The van der Waals surface area contributed by atoms with Crippen LogP contribution in [0.4, 0.5) is 4.79 Å². The molecule has 0 radical (unpaired) electrons. The predicted octanol–water partition coefficient (Wildman–Crippen LogP) is 1.90. The molecular formula is C14H16BrN3O2. The Hall–Kier alpha value is -1.82. The molecular weight excluding hydrogens is 322 g/mol. The van der Waals surface area contributed by atoms with Crippen LogP contribution in [0.5, 0.6) is 0 Å². The zero-order valence-electron chi connectivity index (χ0n) is 11.0. The molecule has 0 aromatic heterocycles. The molecule has 0 aliphatic carbocycles. The molecule has 2 rings (SSSR count). The normalized spacial score (nSPS) is 15.4. The molecule has 0 bridgehead atoms. The lowest BCUT2D eigenvalue weighted by molar-refractivity contribution is -0.119. The van der Waals surface area contributed by atoms with Crippen molar-refractivity contribution in [3.05, 3.63) is 40.5 Å². The molecule has 0 unspecified atom stereocenters. The number of benzene rings is 1. The van der Waals surface area contributed by atoms with E-state index in [1.165, 1.54) is 0 Å². The Morgan fingerprint density at radius 2 is 1.80 bits per heavy atom. The molecule has 5 nitrogen and oxygen atoms in total. The predicted molar refractivity (Wildman–Crippen MR) is 80.9 cm³/mol. The van der Waals surface area contributed by atoms with Crippen LogP contribution in [-0.4, -0.2) is 48.4 Å². The van der Waals surface area contributed by atoms with Gasteiger partial charge in [0.2, 0.25) is 6.41 Å². The molecule has 20 heavy (non-hydrogen) atoms. The van der Waals surface area contributed by atoms with E-state index >= 15 is 0 Å². The van der Waals surface area contributed by atoms with Crippen molar-refractivity contribution in [2.45, 2.75) is 0 Å². The van der Waals surface area contributed by atoms with Crippen LogP contribution >= 0.6 is 15.9 Å². The zero-order chi connectivity index (χ0) is 14.4. The van der Waals surface area contributed by atoms with Gasteiger partial charge in [0.1, 0.15) is 0 Å². The highest BCUT2D eigenvalue weighted by atomic mass is 79.9. The summed E-state index contributed by atoms with van der Waals surface area (Å²) >= 11 is 3.37. The first-order valence-corrected chi connectivity index (χ1v) is 7.15. The van der Waals surface area contributed by atoms with Gasteiger partial charge >= 0.3 is 6.03 Å². The SMILES string of the molecule is O=CN1CCN(C(=O)N/C=C/c2ccc(Br)cc2)CC1. The van der Waals surface area contributed by atoms with Crippen LogP contribution in [0.2, 0.25) is 0 Å². The quantitative estimate of drug-likeness (QED) is 0.856. The van der Waals surface area contributed by atoms with E-state index in [2.05, 4.69) is 21.2 Å². The molecule has 1 N–H and O–H groups in total. The molecule has 1 saturated heterocycles. The van der Waals surface area contributed by atoms with Crippen molar-refractivity contribution >= 4 is 34.4 Å². The lowest BCUT2D eigenvalue weighted by Gasteiger charge is -2.32. The van der Waals surface area contributed by atoms with Gasteiger partial charge in [0, 0.05) is 36.9 Å². The van der Waals surface area contributed by atoms with E-state index in [4.69, 9.17) is 0 Å². The minimum Gasteiger partial charge on any atom is -0.342 e. The van der Waals surface area contributed by atoms with Crippen LogP contribution in [0.3, 0.4) is 0 Å². The topological polar surface area (TPSA) is 52.7 Å². The summed E-state index contributed by atoms with van der Waals surface area (Å²) in [4.78, 5) is 25.8. The number of rotatable bonds is 3. The van der Waals surface area contributed by atoms with Gasteiger partial charge in [-0.05, 0) is 23.8 Å². The summed E-state index contributed by atoms with van der Waals surface area (Å²) in [5, 5.41) is 2.74. The number of amides is 3. The summed E-state index contributed by atoms with van der Waals surface area (Å²) in [6, 6.07) is 7.66. The van der Waals surface area contributed by atoms with Crippen molar-refractivity contribution < 1.29 is 9.59 Å². The third-order valence-corrected chi connectivity index (χ3v) is 3.63. The molecule has 1 aromatic carbocycles. The number of nitrogens with one attached hydrogen (secondary N) is 1. The van der Waals surface area contributed by atoms with E-state index < -0.39 is 0 Å². The number of nitrogens with zero attached hydrogens (tertiary/aromatic N) is 2. The molecule has 3 amide bonds. The van der Waals surface area contributed by atoms with Crippen molar-refractivity contribution in [2.24, 2.45) is 0 Å². The highest BCUT2D eigenvalue weighted by molar-refractivity contribution is 9.10. The van der Waals surface area contributed by atoms with Crippen LogP contribution < -0.4 is 5.32 Å². The highest BCUT2D eigenvalue weighted by Gasteiger charge is 2.18. The fourth-order valence-corrected chi connectivity index (χ4v) is 2.17. The maximum absolute atomic E-state index is 11.9. The standard InChI is InChI=1S/C14H16BrN3O2/c15-13-3-1-12(2-4-13)5-6-16-14(20)18-9-7-17(11-19)8-10-18/h1-6,11H,7-10H2,(H,16,20)/b6-5+. The maximum Gasteiger partial charge on any atom is 0.321 e. The zero-order valence-corrected chi connectivity index (χ0v) is 12.5. The summed E-state index contributed by atoms with van der Waals surface area (Å²) in [6.07, 6.45) is 4.30. The Morgan fingerprint density at radius 3 is 2.40 bits per heavy atom. The summed E-state index contributed by atoms with van der Waals surface area (Å²) in [5.74, 6) is 0. The van der Waals surface area contributed by atoms with Gasteiger partial charge < -0.3 is 15.1 Å². The van der Waals surface area contributed by atoms with Gasteiger partial charge in [0.05, 0.1) is 0 Å². The second-order valence-electron chi connectivity index (χ2n) is 4.46. The van der Waals surface area contributed by atoms with Crippen molar-refractivity contribution in [3.63, 3.8) is 0 Å². The Labute approximate surface area is 126 Å². The number of carbonyl (C=O) groups is 2. The summed E-state index contributed by atoms with van der Waals surface area (Å²) in [7, 11) is 0. The molecule has 1 aliphatic rings. The second-order valence-corrected chi connectivity index (χ2v) is 5.38. The van der Waals surface area contributed by atoms with Crippen LogP contribution in [0.1, 0.15) is 5.56 Å². The van der Waals surface area contributed by atoms with E-state index in [-0.39, 0.29) is 6.03 Å². The minimum absolute atomic E-state index is 0.135. The molecule has 0 atom stereocenters. The molecule has 1 fully saturated rings. The number of hydrogen-bond acceptors (Lipinski definition) is 2. The van der Waals surface area contributed by atoms with Crippen molar-refractivity contribution in [2.75, 3.05) is 26.2 Å². The molecule has 0 saturated carbocycles. The average Bonchev–Trinajstić information content (AvgIpc) is 2.49. The third-order valence-electron chi connectivity index (χ3n) is 3.10. The molecule has 1 heterocycles. The Kier molecular flexibility index (Phi) is 5.17. The van der Waals surface area contributed by atoms with Crippen molar-refractivity contribution in [1.82, 2.24) is 15.1 Å². The third kappa shape index (κ3) is 4.09. The monoisotopic (exact) mass is 337 g/mol. The van der Waals surface area contributed by atoms with E-state index in [1.54, 1.807) is 16.0 Å². The van der Waals surface area contributed by atoms with Gasteiger partial charge in [-0.3, -0.25) is 4.79 Å². The second kappa shape index (κ2) is 7.09. The maximum atomic E-state index is 11.9. The molecule has 1 aromatic rings. The van der Waals surface area contributed by atoms with Crippen LogP contribution in [0.15, 0.2) is 34.9 Å². The lowest BCUT2D eigenvalue weighted by atomic mass is 10.2. The Bertz CT molecular complexity index is 494. The van der Waals surface area contributed by atoms with Gasteiger partial charge in [0.25, 0.3) is 0 Å². The Morgan fingerprint density at radius 1 is 1.15 bits per heavy atom. The van der Waals surface area contributed by atoms with E-state index in [1.807, 2.05) is 30.3 Å². The summed E-state index contributed by atoms with van der Waals surface area (Å²) < 4.78 is 1.02. The highest BCUT2D eigenvalue weighted by Crippen LogP contribution is 2.11. The molecule has 6 heteroatoms. The van der Waals surface area contributed by atoms with Crippen LogP contribution in [0, 0.1) is 0 Å².